The minimum absolute atomic E-state index is 0.0235. The number of carbonyl (C=O) groups is 1. The summed E-state index contributed by atoms with van der Waals surface area (Å²) in [7, 11) is 0. The second kappa shape index (κ2) is 10.1. The van der Waals surface area contributed by atoms with Crippen molar-refractivity contribution in [1.82, 2.24) is 0 Å². The molecule has 1 aromatic carbocycles. The smallest absolute Gasteiger partial charge is 0.434 e. The van der Waals surface area contributed by atoms with Crippen LogP contribution in [0.4, 0.5) is 36.8 Å². The van der Waals surface area contributed by atoms with Crippen molar-refractivity contribution >= 4 is 11.8 Å². The van der Waals surface area contributed by atoms with Gasteiger partial charge in [0.05, 0.1) is 11.5 Å². The lowest BCUT2D eigenvalue weighted by molar-refractivity contribution is -0.385. The number of halogens is 6. The Labute approximate surface area is 155 Å². The molecule has 158 valence electrons. The van der Waals surface area contributed by atoms with Crippen LogP contribution in [0.2, 0.25) is 0 Å². The molecule has 0 N–H and O–H groups in total. The summed E-state index contributed by atoms with van der Waals surface area (Å²) in [6, 6.07) is 2.08. The van der Waals surface area contributed by atoms with Crippen molar-refractivity contribution in [3.63, 3.8) is 0 Å². The Bertz CT molecular complexity index is 674. The number of benzene rings is 1. The molecule has 0 aliphatic heterocycles. The number of carbonyl (C=O) groups excluding carboxylic acids is 1. The number of nitro groups is 1. The molecule has 0 aliphatic rings. The van der Waals surface area contributed by atoms with Gasteiger partial charge in [-0.05, 0) is 18.9 Å². The molecule has 0 aliphatic carbocycles. The highest BCUT2D eigenvalue weighted by Crippen LogP contribution is 2.41. The van der Waals surface area contributed by atoms with Gasteiger partial charge >= 0.3 is 24.2 Å². The number of para-hydroxylation sites is 1. The molecule has 0 atom stereocenters. The van der Waals surface area contributed by atoms with E-state index in [1.54, 1.807) is 0 Å². The number of alkyl halides is 6. The van der Waals surface area contributed by atoms with E-state index in [0.717, 1.165) is 12.1 Å². The van der Waals surface area contributed by atoms with Crippen molar-refractivity contribution in [2.24, 2.45) is 0 Å². The van der Waals surface area contributed by atoms with Gasteiger partial charge in [0.25, 0.3) is 0 Å². The van der Waals surface area contributed by atoms with Crippen LogP contribution in [-0.4, -0.2) is 23.9 Å². The Morgan fingerprint density at radius 3 is 2.18 bits per heavy atom. The molecule has 0 unspecified atom stereocenters. The predicted molar refractivity (Wildman–Crippen MR) is 83.8 cm³/mol. The van der Waals surface area contributed by atoms with E-state index in [1.807, 2.05) is 0 Å². The molecule has 28 heavy (non-hydrogen) atoms. The summed E-state index contributed by atoms with van der Waals surface area (Å²) in [5.41, 5.74) is -2.54. The monoisotopic (exact) mass is 417 g/mol. The summed E-state index contributed by atoms with van der Waals surface area (Å²) in [5.74, 6) is -1.27. The van der Waals surface area contributed by atoms with Crippen LogP contribution in [-0.2, 0) is 10.9 Å². The molecule has 0 spiro atoms. The lowest BCUT2D eigenvalue weighted by Gasteiger charge is -2.12. The maximum atomic E-state index is 12.9. The van der Waals surface area contributed by atoms with E-state index >= 15 is 0 Å². The van der Waals surface area contributed by atoms with Crippen molar-refractivity contribution in [3.05, 3.63) is 33.9 Å². The Hall–Kier alpha value is -2.53. The maximum absolute atomic E-state index is 12.9. The average molecular weight is 417 g/mol. The first-order valence-electron chi connectivity index (χ1n) is 8.18. The molecule has 0 saturated carbocycles. The normalized spacial score (nSPS) is 11.9. The number of hydrogen-bond donors (Lipinski definition) is 0. The van der Waals surface area contributed by atoms with Crippen LogP contribution >= 0.6 is 0 Å². The maximum Gasteiger partial charge on any atom is 0.514 e. The molecule has 0 radical (unpaired) electrons. The Kier molecular flexibility index (Phi) is 8.51. The SMILES string of the molecule is O=C(OCCCCCCCC(F)(F)F)Oc1c([N+](=O)[O-])cccc1C(F)(F)F. The first kappa shape index (κ1) is 23.5. The molecule has 6 nitrogen and oxygen atoms in total. The fourth-order valence-corrected chi connectivity index (χ4v) is 2.23. The molecule has 1 aromatic rings. The van der Waals surface area contributed by atoms with Crippen LogP contribution in [0, 0.1) is 10.1 Å². The van der Waals surface area contributed by atoms with Gasteiger partial charge < -0.3 is 9.47 Å². The van der Waals surface area contributed by atoms with Gasteiger partial charge in [-0.1, -0.05) is 25.3 Å². The molecule has 0 saturated heterocycles. The zero-order chi connectivity index (χ0) is 21.4. The molecule has 0 fully saturated rings. The largest absolute Gasteiger partial charge is 0.514 e. The standard InChI is InChI=1S/C16H17F6NO5/c17-15(18,19)9-4-2-1-3-5-10-27-14(24)28-13-11(16(20,21)22)7-6-8-12(13)23(25)26/h6-8H,1-5,9-10H2. The van der Waals surface area contributed by atoms with Crippen LogP contribution in [0.5, 0.6) is 5.75 Å². The predicted octanol–water partition coefficient (Wildman–Crippen LogP) is 6.03. The van der Waals surface area contributed by atoms with E-state index in [4.69, 9.17) is 0 Å². The molecule has 0 amide bonds. The summed E-state index contributed by atoms with van der Waals surface area (Å²) in [4.78, 5) is 21.3. The van der Waals surface area contributed by atoms with E-state index in [2.05, 4.69) is 9.47 Å². The van der Waals surface area contributed by atoms with Crippen molar-refractivity contribution in [2.75, 3.05) is 6.61 Å². The van der Waals surface area contributed by atoms with E-state index in [1.165, 1.54) is 0 Å². The van der Waals surface area contributed by atoms with Gasteiger partial charge in [0.2, 0.25) is 5.75 Å². The third-order valence-corrected chi connectivity index (χ3v) is 3.51. The average Bonchev–Trinajstić information content (AvgIpc) is 2.55. The van der Waals surface area contributed by atoms with Gasteiger partial charge in [0.15, 0.2) is 0 Å². The fraction of sp³-hybridized carbons (Fsp3) is 0.562. The molecule has 12 heteroatoms. The Morgan fingerprint density at radius 2 is 1.61 bits per heavy atom. The number of unbranched alkanes of at least 4 members (excludes halogenated alkanes) is 4. The van der Waals surface area contributed by atoms with Crippen LogP contribution in [0.15, 0.2) is 18.2 Å². The lowest BCUT2D eigenvalue weighted by atomic mass is 10.1. The summed E-state index contributed by atoms with van der Waals surface area (Å²) in [6.07, 6.45) is -10.2. The van der Waals surface area contributed by atoms with E-state index < -0.39 is 46.9 Å². The van der Waals surface area contributed by atoms with Gasteiger partial charge in [0.1, 0.15) is 5.56 Å². The zero-order valence-electron chi connectivity index (χ0n) is 14.4. The minimum atomic E-state index is -4.99. The van der Waals surface area contributed by atoms with Crippen LogP contribution < -0.4 is 4.74 Å². The highest BCUT2D eigenvalue weighted by molar-refractivity contribution is 5.68. The minimum Gasteiger partial charge on any atom is -0.434 e. The third-order valence-electron chi connectivity index (χ3n) is 3.51. The van der Waals surface area contributed by atoms with Gasteiger partial charge in [-0.2, -0.15) is 26.3 Å². The van der Waals surface area contributed by atoms with Crippen molar-refractivity contribution < 1.29 is 45.5 Å². The number of nitrogens with zero attached hydrogens (tertiary/aromatic N) is 1. The van der Waals surface area contributed by atoms with Crippen LogP contribution in [0.1, 0.15) is 44.1 Å². The summed E-state index contributed by atoms with van der Waals surface area (Å²) in [5, 5.41) is 10.9. The first-order chi connectivity index (χ1) is 12.9. The van der Waals surface area contributed by atoms with Gasteiger partial charge in [-0.3, -0.25) is 10.1 Å². The fourth-order valence-electron chi connectivity index (χ4n) is 2.23. The van der Waals surface area contributed by atoms with Gasteiger partial charge in [0, 0.05) is 12.5 Å². The highest BCUT2D eigenvalue weighted by Gasteiger charge is 2.39. The lowest BCUT2D eigenvalue weighted by Crippen LogP contribution is -2.16. The van der Waals surface area contributed by atoms with Crippen molar-refractivity contribution in [2.45, 2.75) is 50.9 Å². The molecular formula is C16H17F6NO5. The third kappa shape index (κ3) is 8.44. The highest BCUT2D eigenvalue weighted by atomic mass is 19.4. The van der Waals surface area contributed by atoms with E-state index in [0.29, 0.717) is 25.3 Å². The number of nitro benzene ring substituents is 1. The Morgan fingerprint density at radius 1 is 1.00 bits per heavy atom. The van der Waals surface area contributed by atoms with E-state index in [-0.39, 0.29) is 19.4 Å². The first-order valence-corrected chi connectivity index (χ1v) is 8.18. The molecule has 0 bridgehead atoms. The number of hydrogen-bond acceptors (Lipinski definition) is 5. The quantitative estimate of drug-likeness (QED) is 0.122. The Balaban J connectivity index is 2.48. The second-order valence-corrected chi connectivity index (χ2v) is 5.74. The second-order valence-electron chi connectivity index (χ2n) is 5.74. The zero-order valence-corrected chi connectivity index (χ0v) is 14.4. The molecule has 0 aromatic heterocycles. The van der Waals surface area contributed by atoms with Crippen LogP contribution in [0.3, 0.4) is 0 Å². The molecule has 1 rings (SSSR count). The topological polar surface area (TPSA) is 78.7 Å². The van der Waals surface area contributed by atoms with E-state index in [9.17, 15) is 41.3 Å². The van der Waals surface area contributed by atoms with Crippen molar-refractivity contribution in [3.8, 4) is 5.75 Å². The number of rotatable bonds is 9. The summed E-state index contributed by atoms with van der Waals surface area (Å²) < 4.78 is 83.7. The van der Waals surface area contributed by atoms with Crippen LogP contribution in [0.25, 0.3) is 0 Å². The molecule has 0 heterocycles. The van der Waals surface area contributed by atoms with Crippen molar-refractivity contribution in [1.29, 1.82) is 0 Å². The summed E-state index contributed by atoms with van der Waals surface area (Å²) >= 11 is 0. The van der Waals surface area contributed by atoms with Gasteiger partial charge in [-0.25, -0.2) is 4.79 Å². The van der Waals surface area contributed by atoms with Gasteiger partial charge in [-0.15, -0.1) is 0 Å². The molecular weight excluding hydrogens is 400 g/mol. The summed E-state index contributed by atoms with van der Waals surface area (Å²) in [6.45, 7) is -0.250. The number of ether oxygens (including phenoxy) is 2.